The number of anilines is 1. The first kappa shape index (κ1) is 11.3. The Morgan fingerprint density at radius 3 is 2.79 bits per heavy atom. The molecule has 0 aliphatic carbocycles. The summed E-state index contributed by atoms with van der Waals surface area (Å²) in [5.74, 6) is -0.297. The number of hydrogen-bond donors (Lipinski definition) is 1. The molecule has 0 atom stereocenters. The number of halogens is 2. The number of hydrogen-bond acceptors (Lipinski definition) is 1. The maximum atomic E-state index is 12.7. The fraction of sp³-hybridized carbons (Fsp3) is 0.455. The Bertz CT molecular complexity index is 289. The smallest absolute Gasteiger partial charge is 0.124 e. The van der Waals surface area contributed by atoms with E-state index in [9.17, 15) is 4.39 Å². The van der Waals surface area contributed by atoms with Crippen molar-refractivity contribution in [2.75, 3.05) is 11.9 Å². The molecule has 14 heavy (non-hydrogen) atoms. The molecule has 0 saturated heterocycles. The summed E-state index contributed by atoms with van der Waals surface area (Å²) < 4.78 is 12.7. The Labute approximate surface area is 89.3 Å². The Morgan fingerprint density at radius 1 is 1.36 bits per heavy atom. The molecule has 0 amide bonds. The molecule has 0 spiro atoms. The molecule has 0 radical (unpaired) electrons. The summed E-state index contributed by atoms with van der Waals surface area (Å²) in [7, 11) is 0. The highest BCUT2D eigenvalue weighted by Crippen LogP contribution is 2.22. The molecule has 0 aliphatic heterocycles. The van der Waals surface area contributed by atoms with Crippen molar-refractivity contribution < 1.29 is 4.39 Å². The highest BCUT2D eigenvalue weighted by atomic mass is 35.5. The van der Waals surface area contributed by atoms with Crippen LogP contribution in [0.2, 0.25) is 5.02 Å². The maximum Gasteiger partial charge on any atom is 0.124 e. The van der Waals surface area contributed by atoms with Crippen molar-refractivity contribution in [1.82, 2.24) is 0 Å². The minimum atomic E-state index is -0.297. The Hall–Kier alpha value is -0.760. The van der Waals surface area contributed by atoms with Crippen molar-refractivity contribution >= 4 is 17.3 Å². The van der Waals surface area contributed by atoms with E-state index in [1.54, 1.807) is 6.07 Å². The molecule has 1 nitrogen and oxygen atoms in total. The molecule has 1 rings (SSSR count). The normalized spacial score (nSPS) is 10.2. The number of rotatable bonds is 5. The van der Waals surface area contributed by atoms with Crippen LogP contribution < -0.4 is 5.32 Å². The molecule has 1 aromatic rings. The van der Waals surface area contributed by atoms with Crippen LogP contribution in [-0.4, -0.2) is 6.54 Å². The van der Waals surface area contributed by atoms with E-state index in [0.29, 0.717) is 5.02 Å². The van der Waals surface area contributed by atoms with Gasteiger partial charge in [0.15, 0.2) is 0 Å². The molecule has 0 bridgehead atoms. The minimum Gasteiger partial charge on any atom is -0.384 e. The van der Waals surface area contributed by atoms with E-state index in [1.165, 1.54) is 25.0 Å². The quantitative estimate of drug-likeness (QED) is 0.730. The van der Waals surface area contributed by atoms with Crippen LogP contribution in [0.1, 0.15) is 26.2 Å². The van der Waals surface area contributed by atoms with Gasteiger partial charge in [0.25, 0.3) is 0 Å². The van der Waals surface area contributed by atoms with E-state index in [1.807, 2.05) is 0 Å². The van der Waals surface area contributed by atoms with Gasteiger partial charge in [-0.25, -0.2) is 4.39 Å². The highest BCUT2D eigenvalue weighted by Gasteiger charge is 2.00. The van der Waals surface area contributed by atoms with Gasteiger partial charge in [0, 0.05) is 6.54 Å². The molecule has 3 heteroatoms. The van der Waals surface area contributed by atoms with Crippen molar-refractivity contribution in [3.05, 3.63) is 29.0 Å². The van der Waals surface area contributed by atoms with Crippen LogP contribution in [-0.2, 0) is 0 Å². The summed E-state index contributed by atoms with van der Waals surface area (Å²) in [4.78, 5) is 0. The first-order valence-corrected chi connectivity index (χ1v) is 5.30. The van der Waals surface area contributed by atoms with Crippen LogP contribution in [0.25, 0.3) is 0 Å². The van der Waals surface area contributed by atoms with E-state index in [0.717, 1.165) is 18.7 Å². The van der Waals surface area contributed by atoms with Gasteiger partial charge >= 0.3 is 0 Å². The zero-order valence-corrected chi connectivity index (χ0v) is 9.07. The molecular weight excluding hydrogens is 201 g/mol. The van der Waals surface area contributed by atoms with Crippen LogP contribution in [0, 0.1) is 5.82 Å². The third kappa shape index (κ3) is 3.54. The van der Waals surface area contributed by atoms with Crippen LogP contribution >= 0.6 is 11.6 Å². The van der Waals surface area contributed by atoms with E-state index in [-0.39, 0.29) is 5.82 Å². The highest BCUT2D eigenvalue weighted by molar-refractivity contribution is 6.33. The van der Waals surface area contributed by atoms with Gasteiger partial charge in [-0.3, -0.25) is 0 Å². The Kier molecular flexibility index (Phi) is 4.74. The zero-order valence-electron chi connectivity index (χ0n) is 8.32. The molecule has 0 fully saturated rings. The molecule has 78 valence electrons. The lowest BCUT2D eigenvalue weighted by Gasteiger charge is -2.07. The van der Waals surface area contributed by atoms with Crippen LogP contribution in [0.5, 0.6) is 0 Å². The number of benzene rings is 1. The molecule has 0 heterocycles. The fourth-order valence-electron chi connectivity index (χ4n) is 1.23. The Morgan fingerprint density at radius 2 is 2.14 bits per heavy atom. The third-order valence-corrected chi connectivity index (χ3v) is 2.34. The lowest BCUT2D eigenvalue weighted by atomic mass is 10.2. The SMILES string of the molecule is CCCCCNc1ccc(F)cc1Cl. The average molecular weight is 216 g/mol. The molecule has 1 aromatic carbocycles. The second-order valence-corrected chi connectivity index (χ2v) is 3.67. The number of nitrogens with one attached hydrogen (secondary N) is 1. The lowest BCUT2D eigenvalue weighted by molar-refractivity contribution is 0.628. The van der Waals surface area contributed by atoms with E-state index < -0.39 is 0 Å². The largest absolute Gasteiger partial charge is 0.384 e. The van der Waals surface area contributed by atoms with Crippen molar-refractivity contribution in [2.45, 2.75) is 26.2 Å². The topological polar surface area (TPSA) is 12.0 Å². The monoisotopic (exact) mass is 215 g/mol. The fourth-order valence-corrected chi connectivity index (χ4v) is 1.46. The summed E-state index contributed by atoms with van der Waals surface area (Å²) in [5, 5.41) is 3.62. The van der Waals surface area contributed by atoms with Gasteiger partial charge in [0.2, 0.25) is 0 Å². The second kappa shape index (κ2) is 5.86. The van der Waals surface area contributed by atoms with Crippen molar-refractivity contribution in [3.8, 4) is 0 Å². The lowest BCUT2D eigenvalue weighted by Crippen LogP contribution is -2.01. The van der Waals surface area contributed by atoms with E-state index >= 15 is 0 Å². The average Bonchev–Trinajstić information content (AvgIpc) is 2.15. The molecule has 0 saturated carbocycles. The van der Waals surface area contributed by atoms with Crippen LogP contribution in [0.4, 0.5) is 10.1 Å². The molecule has 1 N–H and O–H groups in total. The summed E-state index contributed by atoms with van der Waals surface area (Å²) in [6.07, 6.45) is 3.51. The second-order valence-electron chi connectivity index (χ2n) is 3.26. The van der Waals surface area contributed by atoms with Crippen LogP contribution in [0.15, 0.2) is 18.2 Å². The molecular formula is C11H15ClFN. The van der Waals surface area contributed by atoms with E-state index in [2.05, 4.69) is 12.2 Å². The summed E-state index contributed by atoms with van der Waals surface area (Å²) >= 11 is 5.84. The van der Waals surface area contributed by atoms with Gasteiger partial charge in [0.05, 0.1) is 10.7 Å². The van der Waals surface area contributed by atoms with Gasteiger partial charge in [0.1, 0.15) is 5.82 Å². The standard InChI is InChI=1S/C11H15ClFN/c1-2-3-4-7-14-11-6-5-9(13)8-10(11)12/h5-6,8,14H,2-4,7H2,1H3. The molecule has 0 aromatic heterocycles. The summed E-state index contributed by atoms with van der Waals surface area (Å²) in [6.45, 7) is 3.05. The molecule has 0 unspecified atom stereocenters. The maximum absolute atomic E-state index is 12.7. The van der Waals surface area contributed by atoms with Gasteiger partial charge in [-0.15, -0.1) is 0 Å². The van der Waals surface area contributed by atoms with Gasteiger partial charge in [-0.05, 0) is 24.6 Å². The zero-order chi connectivity index (χ0) is 10.4. The van der Waals surface area contributed by atoms with Crippen molar-refractivity contribution in [1.29, 1.82) is 0 Å². The summed E-state index contributed by atoms with van der Waals surface area (Å²) in [5.41, 5.74) is 0.809. The predicted octanol–water partition coefficient (Wildman–Crippen LogP) is 4.08. The van der Waals surface area contributed by atoms with Crippen molar-refractivity contribution in [2.24, 2.45) is 0 Å². The van der Waals surface area contributed by atoms with Crippen molar-refractivity contribution in [3.63, 3.8) is 0 Å². The van der Waals surface area contributed by atoms with Gasteiger partial charge in [-0.1, -0.05) is 31.4 Å². The summed E-state index contributed by atoms with van der Waals surface area (Å²) in [6, 6.07) is 4.40. The predicted molar refractivity (Wildman–Crippen MR) is 59.4 cm³/mol. The van der Waals surface area contributed by atoms with Gasteiger partial charge < -0.3 is 5.32 Å². The molecule has 0 aliphatic rings. The minimum absolute atomic E-state index is 0.297. The van der Waals surface area contributed by atoms with Gasteiger partial charge in [-0.2, -0.15) is 0 Å². The van der Waals surface area contributed by atoms with E-state index in [4.69, 9.17) is 11.6 Å². The first-order valence-electron chi connectivity index (χ1n) is 4.93. The Balaban J connectivity index is 2.42. The number of unbranched alkanes of at least 4 members (excludes halogenated alkanes) is 2. The van der Waals surface area contributed by atoms with Crippen LogP contribution in [0.3, 0.4) is 0 Å². The first-order chi connectivity index (χ1) is 6.74. The third-order valence-electron chi connectivity index (χ3n) is 2.03.